The summed E-state index contributed by atoms with van der Waals surface area (Å²) in [6.45, 7) is 0.175. The van der Waals surface area contributed by atoms with Gasteiger partial charge in [0.05, 0.1) is 0 Å². The maximum Gasteiger partial charge on any atom is 0.331 e. The van der Waals surface area contributed by atoms with Gasteiger partial charge in [-0.15, -0.1) is 11.6 Å². The van der Waals surface area contributed by atoms with E-state index in [-0.39, 0.29) is 24.9 Å². The predicted molar refractivity (Wildman–Crippen MR) is 72.7 cm³/mol. The molecule has 5 heteroatoms. The molecule has 0 aromatic heterocycles. The molecule has 19 heavy (non-hydrogen) atoms. The molecule has 0 aliphatic carbocycles. The highest BCUT2D eigenvalue weighted by Crippen LogP contribution is 2.10. The maximum absolute atomic E-state index is 11.8. The van der Waals surface area contributed by atoms with Crippen molar-refractivity contribution in [3.05, 3.63) is 35.9 Å². The number of carbonyl (C=O) groups is 2. The normalized spacial score (nSPS) is 17.8. The largest absolute Gasteiger partial charge is 0.462 e. The smallest absolute Gasteiger partial charge is 0.331 e. The Morgan fingerprint density at radius 2 is 2.00 bits per heavy atom. The molecule has 4 nitrogen and oxygen atoms in total. The van der Waals surface area contributed by atoms with Crippen LogP contribution in [0.1, 0.15) is 12.0 Å². The van der Waals surface area contributed by atoms with Crippen molar-refractivity contribution >= 4 is 29.6 Å². The minimum Gasteiger partial charge on any atom is -0.462 e. The molecule has 1 aliphatic heterocycles. The number of ketones is 1. The molecule has 1 aromatic rings. The van der Waals surface area contributed by atoms with Crippen molar-refractivity contribution in [1.29, 1.82) is 0 Å². The number of carbonyl (C=O) groups excluding carboxylic acids is 2. The van der Waals surface area contributed by atoms with Gasteiger partial charge in [-0.1, -0.05) is 30.3 Å². The lowest BCUT2D eigenvalue weighted by Crippen LogP contribution is -2.28. The Hall–Kier alpha value is -1.68. The molecule has 1 aliphatic rings. The molecule has 0 saturated carbocycles. The van der Waals surface area contributed by atoms with Crippen LogP contribution in [0.4, 0.5) is 0 Å². The van der Waals surface area contributed by atoms with Gasteiger partial charge < -0.3 is 4.74 Å². The Kier molecular flexibility index (Phi) is 4.68. The number of Topliss-reactive ketones (excluding diaryl/α,β-unsaturated/α-hetero) is 1. The van der Waals surface area contributed by atoms with Gasteiger partial charge in [0, 0.05) is 12.6 Å². The van der Waals surface area contributed by atoms with Gasteiger partial charge in [0.2, 0.25) is 0 Å². The summed E-state index contributed by atoms with van der Waals surface area (Å²) in [5.74, 6) is -0.998. The number of nitrogens with zero attached hydrogens (tertiary/aromatic N) is 1. The molecule has 100 valence electrons. The highest BCUT2D eigenvalue weighted by Gasteiger charge is 2.26. The summed E-state index contributed by atoms with van der Waals surface area (Å²) < 4.78 is 4.88. The summed E-state index contributed by atoms with van der Waals surface area (Å²) in [4.78, 5) is 27.1. The first-order chi connectivity index (χ1) is 9.16. The summed E-state index contributed by atoms with van der Waals surface area (Å²) in [7, 11) is 0. The average molecular weight is 280 g/mol. The average Bonchev–Trinajstić information content (AvgIpc) is 3.26. The minimum absolute atomic E-state index is 0.0211. The van der Waals surface area contributed by atoms with Crippen molar-refractivity contribution < 1.29 is 14.3 Å². The molecule has 0 saturated heterocycles. The molecular weight excluding hydrogens is 266 g/mol. The summed E-state index contributed by atoms with van der Waals surface area (Å²) in [6.07, 6.45) is 2.48. The molecule has 0 spiro atoms. The number of hydrogen-bond acceptors (Lipinski definition) is 4. The molecule has 0 bridgehead atoms. The van der Waals surface area contributed by atoms with E-state index in [1.807, 2.05) is 30.3 Å². The molecule has 0 radical (unpaired) electrons. The standard InChI is InChI=1S/C14H14ClNO3/c15-13(14(18)19-9-11-8-16-11)12(17)7-6-10-4-2-1-3-5-10/h1-5,8,11,13H,6-7,9H2. The molecule has 0 fully saturated rings. The number of ether oxygens (including phenoxy) is 1. The van der Waals surface area contributed by atoms with Gasteiger partial charge in [0.1, 0.15) is 12.6 Å². The summed E-state index contributed by atoms with van der Waals surface area (Å²) in [6, 6.07) is 9.56. The third-order valence-electron chi connectivity index (χ3n) is 2.75. The first-order valence-corrected chi connectivity index (χ1v) is 6.51. The molecular formula is C14H14ClNO3. The minimum atomic E-state index is -1.22. The van der Waals surface area contributed by atoms with Crippen molar-refractivity contribution in [3.63, 3.8) is 0 Å². The number of esters is 1. The zero-order valence-electron chi connectivity index (χ0n) is 10.3. The van der Waals surface area contributed by atoms with Crippen LogP contribution >= 0.6 is 11.6 Å². The predicted octanol–water partition coefficient (Wildman–Crippen LogP) is 1.79. The van der Waals surface area contributed by atoms with Crippen molar-refractivity contribution in [2.45, 2.75) is 24.3 Å². The highest BCUT2D eigenvalue weighted by atomic mass is 35.5. The molecule has 1 aromatic carbocycles. The lowest BCUT2D eigenvalue weighted by molar-refractivity contribution is -0.145. The van der Waals surface area contributed by atoms with E-state index in [0.29, 0.717) is 6.42 Å². The zero-order chi connectivity index (χ0) is 13.7. The number of rotatable bonds is 7. The van der Waals surface area contributed by atoms with Crippen LogP contribution in [0.15, 0.2) is 35.3 Å². The molecule has 0 N–H and O–H groups in total. The van der Waals surface area contributed by atoms with Crippen LogP contribution in [0.25, 0.3) is 0 Å². The topological polar surface area (TPSA) is 55.7 Å². The van der Waals surface area contributed by atoms with Gasteiger partial charge in [-0.25, -0.2) is 4.79 Å². The van der Waals surface area contributed by atoms with E-state index in [1.54, 1.807) is 6.21 Å². The second-order valence-corrected chi connectivity index (χ2v) is 4.75. The quantitative estimate of drug-likeness (QED) is 0.434. The van der Waals surface area contributed by atoms with E-state index in [1.165, 1.54) is 0 Å². The van der Waals surface area contributed by atoms with Gasteiger partial charge in [-0.05, 0) is 12.0 Å². The Labute approximate surface area is 116 Å². The highest BCUT2D eigenvalue weighted by molar-refractivity contribution is 6.41. The van der Waals surface area contributed by atoms with E-state index in [2.05, 4.69) is 4.99 Å². The number of aryl methyl sites for hydroxylation is 1. The third-order valence-corrected chi connectivity index (χ3v) is 3.17. The molecule has 0 amide bonds. The van der Waals surface area contributed by atoms with Gasteiger partial charge in [0.25, 0.3) is 0 Å². The molecule has 2 atom stereocenters. The van der Waals surface area contributed by atoms with E-state index in [4.69, 9.17) is 16.3 Å². The van der Waals surface area contributed by atoms with Crippen LogP contribution < -0.4 is 0 Å². The summed E-state index contributed by atoms with van der Waals surface area (Å²) in [5.41, 5.74) is 1.04. The van der Waals surface area contributed by atoms with Crippen molar-refractivity contribution in [1.82, 2.24) is 0 Å². The van der Waals surface area contributed by atoms with Gasteiger partial charge in [0.15, 0.2) is 11.2 Å². The second-order valence-electron chi connectivity index (χ2n) is 4.31. The first-order valence-electron chi connectivity index (χ1n) is 6.07. The monoisotopic (exact) mass is 279 g/mol. The number of hydrogen-bond donors (Lipinski definition) is 0. The van der Waals surface area contributed by atoms with E-state index in [0.717, 1.165) is 5.56 Å². The lowest BCUT2D eigenvalue weighted by atomic mass is 10.1. The van der Waals surface area contributed by atoms with E-state index >= 15 is 0 Å². The maximum atomic E-state index is 11.8. The summed E-state index contributed by atoms with van der Waals surface area (Å²) >= 11 is 5.79. The van der Waals surface area contributed by atoms with Crippen LogP contribution in [-0.2, 0) is 20.7 Å². The Balaban J connectivity index is 1.73. The zero-order valence-corrected chi connectivity index (χ0v) is 11.0. The number of benzene rings is 1. The molecule has 1 heterocycles. The SMILES string of the molecule is O=C(CCc1ccccc1)C(Cl)C(=O)OCC1C=N1. The van der Waals surface area contributed by atoms with Crippen LogP contribution in [0, 0.1) is 0 Å². The lowest BCUT2D eigenvalue weighted by Gasteiger charge is -2.08. The fourth-order valence-electron chi connectivity index (χ4n) is 1.56. The fourth-order valence-corrected chi connectivity index (χ4v) is 1.73. The Morgan fingerprint density at radius 3 is 2.63 bits per heavy atom. The number of halogens is 1. The van der Waals surface area contributed by atoms with Gasteiger partial charge >= 0.3 is 5.97 Å². The van der Waals surface area contributed by atoms with Crippen molar-refractivity contribution in [2.24, 2.45) is 4.99 Å². The number of alkyl halides is 1. The third kappa shape index (κ3) is 4.48. The first kappa shape index (κ1) is 13.7. The molecule has 2 unspecified atom stereocenters. The second kappa shape index (κ2) is 6.48. The van der Waals surface area contributed by atoms with Crippen LogP contribution in [0.3, 0.4) is 0 Å². The van der Waals surface area contributed by atoms with Crippen molar-refractivity contribution in [3.8, 4) is 0 Å². The van der Waals surface area contributed by atoms with Gasteiger partial charge in [-0.2, -0.15) is 0 Å². The van der Waals surface area contributed by atoms with Crippen molar-refractivity contribution in [2.75, 3.05) is 6.61 Å². The van der Waals surface area contributed by atoms with Crippen LogP contribution in [-0.4, -0.2) is 36.0 Å². The van der Waals surface area contributed by atoms with E-state index < -0.39 is 11.3 Å². The fraction of sp³-hybridized carbons (Fsp3) is 0.357. The molecule has 2 rings (SSSR count). The Morgan fingerprint density at radius 1 is 1.32 bits per heavy atom. The Bertz CT molecular complexity index is 481. The number of aliphatic imine (C=N–C) groups is 1. The van der Waals surface area contributed by atoms with Gasteiger partial charge in [-0.3, -0.25) is 9.79 Å². The summed E-state index contributed by atoms with van der Waals surface area (Å²) in [5, 5.41) is -1.22. The van der Waals surface area contributed by atoms with Crippen LogP contribution in [0.5, 0.6) is 0 Å². The van der Waals surface area contributed by atoms with E-state index in [9.17, 15) is 9.59 Å². The van der Waals surface area contributed by atoms with Crippen LogP contribution in [0.2, 0.25) is 0 Å².